The van der Waals surface area contributed by atoms with E-state index in [1.54, 1.807) is 6.20 Å². The normalized spacial score (nSPS) is 15.5. The molecule has 24 nitrogen and oxygen atoms in total. The van der Waals surface area contributed by atoms with Crippen LogP contribution in [-0.4, -0.2) is 176 Å². The van der Waals surface area contributed by atoms with E-state index < -0.39 is 146 Å². The summed E-state index contributed by atoms with van der Waals surface area (Å²) in [5.74, 6) is -10.9. The average Bonchev–Trinajstić information content (AvgIpc) is 3.65. The van der Waals surface area contributed by atoms with E-state index in [2.05, 4.69) is 72.8 Å². The van der Waals surface area contributed by atoms with Gasteiger partial charge in [0.2, 0.25) is 47.3 Å². The maximum absolute atomic E-state index is 13.3. The lowest BCUT2D eigenvalue weighted by molar-refractivity contribution is -0.139. The molecule has 1 heterocycles. The van der Waals surface area contributed by atoms with Crippen LogP contribution < -0.4 is 48.3 Å². The maximum atomic E-state index is 13.3. The van der Waals surface area contributed by atoms with Crippen molar-refractivity contribution < 1.29 is 68.7 Å². The Kier molecular flexibility index (Phi) is 22.3. The summed E-state index contributed by atoms with van der Waals surface area (Å²) in [5, 5.41) is 67.5. The molecule has 63 heavy (non-hydrogen) atoms. The van der Waals surface area contributed by atoms with E-state index in [-0.39, 0.29) is 12.2 Å². The van der Waals surface area contributed by atoms with Crippen LogP contribution in [0.25, 0.3) is 10.9 Å². The van der Waals surface area contributed by atoms with Gasteiger partial charge in [0.25, 0.3) is 0 Å². The molecule has 26 heteroatoms. The first-order valence-electron chi connectivity index (χ1n) is 19.4. The SMILES string of the molecule is CC(C)C(NC(=O)C(CO)NC(=O)C(CS)NC(=O)C(CO)NC(=O)C(CO)NC(=O)C(N)Cc1c[nH]c2ccccc12)C(=O)NC(C(=O)NC(CS)C(=O)NCC(=O)O)C(C)O. The number of hydrogen-bond donors (Lipinski definition) is 17. The smallest absolute Gasteiger partial charge is 0.322 e. The van der Waals surface area contributed by atoms with E-state index in [1.807, 2.05) is 24.3 Å². The van der Waals surface area contributed by atoms with Crippen molar-refractivity contribution in [2.45, 2.75) is 81.6 Å². The molecule has 0 aliphatic carbocycles. The van der Waals surface area contributed by atoms with Gasteiger partial charge in [-0.1, -0.05) is 32.0 Å². The Hall–Kier alpha value is -5.51. The topological polar surface area (TPSA) is 393 Å². The summed E-state index contributed by atoms with van der Waals surface area (Å²) in [6.45, 7) is 0.428. The van der Waals surface area contributed by atoms with Gasteiger partial charge in [0.15, 0.2) is 0 Å². The van der Waals surface area contributed by atoms with Crippen molar-refractivity contribution in [2.75, 3.05) is 37.9 Å². The van der Waals surface area contributed by atoms with Crippen LogP contribution in [0.5, 0.6) is 0 Å². The van der Waals surface area contributed by atoms with Crippen molar-refractivity contribution in [2.24, 2.45) is 11.7 Å². The highest BCUT2D eigenvalue weighted by atomic mass is 32.1. The molecule has 1 aromatic carbocycles. The minimum Gasteiger partial charge on any atom is -0.480 e. The number of aliphatic hydroxyl groups excluding tert-OH is 4. The number of benzene rings is 1. The summed E-state index contributed by atoms with van der Waals surface area (Å²) >= 11 is 8.02. The highest BCUT2D eigenvalue weighted by molar-refractivity contribution is 7.80. The van der Waals surface area contributed by atoms with Crippen LogP contribution in [0.15, 0.2) is 30.5 Å². The van der Waals surface area contributed by atoms with Crippen molar-refractivity contribution in [3.05, 3.63) is 36.0 Å². The fourth-order valence-corrected chi connectivity index (χ4v) is 6.20. The molecular weight excluding hydrogens is 873 g/mol. The molecule has 2 rings (SSSR count). The van der Waals surface area contributed by atoms with Crippen LogP contribution >= 0.6 is 25.3 Å². The number of para-hydroxylation sites is 1. The van der Waals surface area contributed by atoms with Crippen LogP contribution in [-0.2, 0) is 49.6 Å². The summed E-state index contributed by atoms with van der Waals surface area (Å²) in [4.78, 5) is 118. The van der Waals surface area contributed by atoms with E-state index in [0.717, 1.165) is 23.4 Å². The number of amides is 8. The summed E-state index contributed by atoms with van der Waals surface area (Å²) in [6.07, 6.45) is 0.201. The zero-order valence-corrected chi connectivity index (χ0v) is 36.3. The predicted octanol–water partition coefficient (Wildman–Crippen LogP) is -6.49. The molecule has 0 aliphatic rings. The van der Waals surface area contributed by atoms with Crippen LogP contribution in [0, 0.1) is 5.92 Å². The maximum Gasteiger partial charge on any atom is 0.322 e. The van der Waals surface area contributed by atoms with Gasteiger partial charge in [-0.05, 0) is 30.9 Å². The molecule has 0 radical (unpaired) electrons. The first-order chi connectivity index (χ1) is 29.7. The van der Waals surface area contributed by atoms with E-state index in [9.17, 15) is 63.6 Å². The van der Waals surface area contributed by atoms with E-state index in [0.29, 0.717) is 0 Å². The van der Waals surface area contributed by atoms with Crippen LogP contribution in [0.4, 0.5) is 0 Å². The number of carbonyl (C=O) groups is 9. The Labute approximate surface area is 371 Å². The van der Waals surface area contributed by atoms with Crippen LogP contribution in [0.3, 0.4) is 0 Å². The minimum absolute atomic E-state index is 0.0725. The second-order valence-electron chi connectivity index (χ2n) is 14.5. The Morgan fingerprint density at radius 1 is 0.619 bits per heavy atom. The van der Waals surface area contributed by atoms with E-state index >= 15 is 0 Å². The zero-order valence-electron chi connectivity index (χ0n) is 34.5. The Bertz CT molecular complexity index is 1940. The number of carboxylic acids is 1. The molecule has 0 saturated heterocycles. The summed E-state index contributed by atoms with van der Waals surface area (Å²) < 4.78 is 0. The fourth-order valence-electron chi connectivity index (χ4n) is 5.68. The van der Waals surface area contributed by atoms with E-state index in [4.69, 9.17) is 10.8 Å². The monoisotopic (exact) mass is 928 g/mol. The molecule has 2 aromatic rings. The fraction of sp³-hybridized carbons (Fsp3) is 0.541. The third kappa shape index (κ3) is 16.3. The van der Waals surface area contributed by atoms with Crippen molar-refractivity contribution in [1.29, 1.82) is 0 Å². The molecule has 8 amide bonds. The summed E-state index contributed by atoms with van der Waals surface area (Å²) in [6, 6.07) is -4.99. The van der Waals surface area contributed by atoms with Gasteiger partial charge in [0.05, 0.1) is 32.0 Å². The Morgan fingerprint density at radius 3 is 1.54 bits per heavy atom. The first-order valence-corrected chi connectivity index (χ1v) is 20.6. The van der Waals surface area contributed by atoms with Crippen LogP contribution in [0.1, 0.15) is 26.3 Å². The van der Waals surface area contributed by atoms with Gasteiger partial charge in [-0.2, -0.15) is 25.3 Å². The van der Waals surface area contributed by atoms with Crippen molar-refractivity contribution in [1.82, 2.24) is 47.5 Å². The molecule has 9 unspecified atom stereocenters. The number of aliphatic hydroxyl groups is 4. The predicted molar refractivity (Wildman–Crippen MR) is 230 cm³/mol. The number of thiol groups is 2. The first kappa shape index (κ1) is 53.6. The van der Waals surface area contributed by atoms with Gasteiger partial charge < -0.3 is 78.8 Å². The largest absolute Gasteiger partial charge is 0.480 e. The summed E-state index contributed by atoms with van der Waals surface area (Å²) in [7, 11) is 0. The summed E-state index contributed by atoms with van der Waals surface area (Å²) in [5.41, 5.74) is 7.62. The molecule has 0 spiro atoms. The lowest BCUT2D eigenvalue weighted by Crippen LogP contribution is -2.63. The minimum atomic E-state index is -1.74. The number of aromatic amines is 1. The third-order valence-electron chi connectivity index (χ3n) is 9.25. The Morgan fingerprint density at radius 2 is 1.05 bits per heavy atom. The van der Waals surface area contributed by atoms with Gasteiger partial charge in [-0.15, -0.1) is 0 Å². The molecule has 0 saturated carbocycles. The molecule has 9 atom stereocenters. The van der Waals surface area contributed by atoms with Gasteiger partial charge in [0, 0.05) is 28.6 Å². The average molecular weight is 929 g/mol. The zero-order chi connectivity index (χ0) is 47.6. The van der Waals surface area contributed by atoms with Gasteiger partial charge in [0.1, 0.15) is 48.8 Å². The van der Waals surface area contributed by atoms with Crippen molar-refractivity contribution in [3.63, 3.8) is 0 Å². The van der Waals surface area contributed by atoms with Crippen LogP contribution in [0.2, 0.25) is 0 Å². The lowest BCUT2D eigenvalue weighted by atomic mass is 10.0. The third-order valence-corrected chi connectivity index (χ3v) is 9.98. The number of H-pyrrole nitrogens is 1. The Balaban J connectivity index is 2.04. The van der Waals surface area contributed by atoms with Crippen molar-refractivity contribution >= 4 is 89.4 Å². The van der Waals surface area contributed by atoms with Gasteiger partial charge >= 0.3 is 5.97 Å². The quantitative estimate of drug-likeness (QED) is 0.0390. The second kappa shape index (κ2) is 26.2. The number of aliphatic carboxylic acids is 1. The highest BCUT2D eigenvalue weighted by Gasteiger charge is 2.36. The molecule has 16 N–H and O–H groups in total. The number of carboxylic acid groups (broad SMARTS) is 1. The molecular formula is C37H56N10O14S2. The molecule has 0 fully saturated rings. The highest BCUT2D eigenvalue weighted by Crippen LogP contribution is 2.19. The molecule has 0 bridgehead atoms. The number of nitrogens with one attached hydrogen (secondary N) is 9. The van der Waals surface area contributed by atoms with Gasteiger partial charge in [-0.3, -0.25) is 43.2 Å². The number of hydrogen-bond acceptors (Lipinski definition) is 16. The number of carbonyl (C=O) groups excluding carboxylic acids is 8. The molecule has 1 aromatic heterocycles. The number of fused-ring (bicyclic) bond motifs is 1. The standard InChI is InChI=1S/C37H56N10O14S2/c1-16(2)28(36(60)47-29(17(3)51)37(61)45-25(14-62)31(55)40-10-27(52)53)46-34(58)24(13-50)43-35(59)26(15-63)44-33(57)23(12-49)42-32(56)22(11-48)41-30(54)20(38)8-18-9-39-21-7-5-4-6-19(18)21/h4-7,9,16-17,20,22-26,28-29,39,48-51,62-63H,8,10-15,38H2,1-3H3,(H,40,55)(H,41,54)(H,42,56)(H,43,59)(H,44,57)(H,45,61)(H,46,58)(H,47,60)(H,52,53). The number of rotatable bonds is 26. The van der Waals surface area contributed by atoms with E-state index in [1.165, 1.54) is 13.8 Å². The number of aromatic nitrogens is 1. The lowest BCUT2D eigenvalue weighted by Gasteiger charge is -2.29. The van der Waals surface area contributed by atoms with Crippen molar-refractivity contribution in [3.8, 4) is 0 Å². The number of nitrogens with two attached hydrogens (primary N) is 1. The van der Waals surface area contributed by atoms with Gasteiger partial charge in [-0.25, -0.2) is 0 Å². The molecule has 350 valence electrons. The molecule has 0 aliphatic heterocycles. The second-order valence-corrected chi connectivity index (χ2v) is 15.2.